The molecule has 2 aromatic heterocycles. The summed E-state index contributed by atoms with van der Waals surface area (Å²) in [6.45, 7) is 0.466. The predicted octanol–water partition coefficient (Wildman–Crippen LogP) is 2.49. The zero-order valence-corrected chi connectivity index (χ0v) is 10.8. The smallest absolute Gasteiger partial charge is 0.333 e. The molecule has 0 fully saturated rings. The van der Waals surface area contributed by atoms with Gasteiger partial charge in [0.25, 0.3) is 0 Å². The first-order valence-corrected chi connectivity index (χ1v) is 6.33. The predicted molar refractivity (Wildman–Crippen MR) is 77.8 cm³/mol. The fourth-order valence-electron chi connectivity index (χ4n) is 2.01. The number of carbonyl (C=O) groups is 1. The van der Waals surface area contributed by atoms with Crippen LogP contribution in [0.2, 0.25) is 0 Å². The molecule has 0 aliphatic carbocycles. The van der Waals surface area contributed by atoms with E-state index in [9.17, 15) is 4.79 Å². The molecule has 0 atom stereocenters. The number of pyridine rings is 1. The van der Waals surface area contributed by atoms with Crippen LogP contribution in [0.3, 0.4) is 0 Å². The monoisotopic (exact) mass is 266 g/mol. The lowest BCUT2D eigenvalue weighted by Gasteiger charge is -2.09. The van der Waals surface area contributed by atoms with Crippen molar-refractivity contribution in [2.45, 2.75) is 6.54 Å². The maximum absolute atomic E-state index is 11.9. The van der Waals surface area contributed by atoms with Crippen molar-refractivity contribution in [3.63, 3.8) is 0 Å². The third-order valence-corrected chi connectivity index (χ3v) is 3.02. The second-order valence-corrected chi connectivity index (χ2v) is 4.39. The van der Waals surface area contributed by atoms with Crippen molar-refractivity contribution in [1.29, 1.82) is 0 Å². The molecule has 2 N–H and O–H groups in total. The fourth-order valence-corrected chi connectivity index (χ4v) is 2.01. The van der Waals surface area contributed by atoms with E-state index in [1.165, 1.54) is 0 Å². The Balaban J connectivity index is 1.64. The molecule has 0 aliphatic heterocycles. The molecule has 1 aromatic carbocycles. The third-order valence-electron chi connectivity index (χ3n) is 3.02. The molecule has 0 spiro atoms. The maximum atomic E-state index is 11.9. The first-order valence-electron chi connectivity index (χ1n) is 6.33. The Bertz CT molecular complexity index is 721. The first kappa shape index (κ1) is 12.2. The number of amides is 2. The highest BCUT2D eigenvalue weighted by molar-refractivity contribution is 5.86. The van der Waals surface area contributed by atoms with E-state index in [1.807, 2.05) is 48.7 Å². The topological polar surface area (TPSA) is 59.0 Å². The van der Waals surface area contributed by atoms with Crippen molar-refractivity contribution in [1.82, 2.24) is 15.0 Å². The van der Waals surface area contributed by atoms with Crippen LogP contribution in [0.25, 0.3) is 10.9 Å². The average Bonchev–Trinajstić information content (AvgIpc) is 2.90. The molecule has 100 valence electrons. The van der Waals surface area contributed by atoms with Gasteiger partial charge in [0.05, 0.1) is 5.52 Å². The number of carbonyl (C=O) groups excluding carboxylic acids is 1. The summed E-state index contributed by atoms with van der Waals surface area (Å²) in [5.74, 6) is 0. The number of benzene rings is 1. The Morgan fingerprint density at radius 3 is 2.75 bits per heavy atom. The Hall–Kier alpha value is -2.82. The highest BCUT2D eigenvalue weighted by atomic mass is 16.2. The Morgan fingerprint density at radius 2 is 1.90 bits per heavy atom. The number of aromatic nitrogens is 2. The van der Waals surface area contributed by atoms with Gasteiger partial charge < -0.3 is 5.32 Å². The molecule has 5 nitrogen and oxygen atoms in total. The van der Waals surface area contributed by atoms with Gasteiger partial charge in [-0.05, 0) is 29.8 Å². The summed E-state index contributed by atoms with van der Waals surface area (Å²) in [6, 6.07) is 13.3. The van der Waals surface area contributed by atoms with Crippen LogP contribution < -0.4 is 10.7 Å². The largest absolute Gasteiger partial charge is 0.334 e. The summed E-state index contributed by atoms with van der Waals surface area (Å²) in [7, 11) is 0. The van der Waals surface area contributed by atoms with Gasteiger partial charge in [0.2, 0.25) is 0 Å². The van der Waals surface area contributed by atoms with Crippen LogP contribution in [0.5, 0.6) is 0 Å². The van der Waals surface area contributed by atoms with Crippen molar-refractivity contribution in [3.8, 4) is 0 Å². The summed E-state index contributed by atoms with van der Waals surface area (Å²) in [6.07, 6.45) is 5.24. The number of fused-ring (bicyclic) bond motifs is 1. The molecular weight excluding hydrogens is 252 g/mol. The van der Waals surface area contributed by atoms with Crippen molar-refractivity contribution in [2.24, 2.45) is 0 Å². The minimum atomic E-state index is -0.247. The molecule has 0 saturated carbocycles. The number of hydrogen-bond donors (Lipinski definition) is 2. The number of nitrogens with one attached hydrogen (secondary N) is 2. The number of nitrogens with zero attached hydrogens (tertiary/aromatic N) is 2. The number of para-hydroxylation sites is 1. The molecule has 0 unspecified atom stereocenters. The molecule has 2 amide bonds. The van der Waals surface area contributed by atoms with Gasteiger partial charge in [-0.25, -0.2) is 10.2 Å². The Labute approximate surface area is 116 Å². The van der Waals surface area contributed by atoms with E-state index < -0.39 is 0 Å². The van der Waals surface area contributed by atoms with E-state index in [1.54, 1.807) is 17.1 Å². The fraction of sp³-hybridized carbons (Fsp3) is 0.0667. The molecule has 5 heteroatoms. The zero-order chi connectivity index (χ0) is 13.8. The molecule has 3 rings (SSSR count). The highest BCUT2D eigenvalue weighted by Gasteiger charge is 2.04. The first-order chi connectivity index (χ1) is 9.83. The van der Waals surface area contributed by atoms with E-state index >= 15 is 0 Å². The van der Waals surface area contributed by atoms with Crippen LogP contribution in [-0.4, -0.2) is 15.7 Å². The van der Waals surface area contributed by atoms with Crippen molar-refractivity contribution >= 4 is 16.9 Å². The number of hydrogen-bond acceptors (Lipinski definition) is 2. The SMILES string of the molecule is O=C(NCc1ccncc1)Nn1ccc2ccccc21. The minimum Gasteiger partial charge on any atom is -0.333 e. The molecule has 2 heterocycles. The Morgan fingerprint density at radius 1 is 1.10 bits per heavy atom. The average molecular weight is 266 g/mol. The molecule has 0 aliphatic rings. The van der Waals surface area contributed by atoms with E-state index in [2.05, 4.69) is 15.7 Å². The van der Waals surface area contributed by atoms with Crippen molar-refractivity contribution in [2.75, 3.05) is 5.43 Å². The summed E-state index contributed by atoms with van der Waals surface area (Å²) in [5, 5.41) is 3.89. The lowest BCUT2D eigenvalue weighted by molar-refractivity contribution is 0.249. The Kier molecular flexibility index (Phi) is 3.33. The molecular formula is C15H14N4O. The molecule has 3 aromatic rings. The minimum absolute atomic E-state index is 0.247. The number of rotatable bonds is 3. The van der Waals surface area contributed by atoms with Crippen LogP contribution in [0.4, 0.5) is 4.79 Å². The van der Waals surface area contributed by atoms with E-state index in [-0.39, 0.29) is 6.03 Å². The van der Waals surface area contributed by atoms with Crippen LogP contribution >= 0.6 is 0 Å². The molecule has 20 heavy (non-hydrogen) atoms. The second-order valence-electron chi connectivity index (χ2n) is 4.39. The summed E-state index contributed by atoms with van der Waals surface area (Å²) >= 11 is 0. The molecule has 0 saturated heterocycles. The van der Waals surface area contributed by atoms with Gasteiger partial charge in [0, 0.05) is 30.5 Å². The van der Waals surface area contributed by atoms with Crippen LogP contribution in [0.1, 0.15) is 5.56 Å². The molecule has 0 radical (unpaired) electrons. The third kappa shape index (κ3) is 2.61. The van der Waals surface area contributed by atoms with Gasteiger partial charge in [-0.1, -0.05) is 18.2 Å². The summed E-state index contributed by atoms with van der Waals surface area (Å²) in [5.41, 5.74) is 4.76. The van der Waals surface area contributed by atoms with Crippen molar-refractivity contribution in [3.05, 3.63) is 66.6 Å². The lowest BCUT2D eigenvalue weighted by Crippen LogP contribution is -2.33. The number of urea groups is 1. The van der Waals surface area contributed by atoms with Gasteiger partial charge in [-0.15, -0.1) is 0 Å². The summed E-state index contributed by atoms with van der Waals surface area (Å²) < 4.78 is 1.71. The van der Waals surface area contributed by atoms with Gasteiger partial charge in [-0.3, -0.25) is 9.66 Å². The van der Waals surface area contributed by atoms with E-state index in [4.69, 9.17) is 0 Å². The zero-order valence-electron chi connectivity index (χ0n) is 10.8. The van der Waals surface area contributed by atoms with Crippen LogP contribution in [0, 0.1) is 0 Å². The van der Waals surface area contributed by atoms with Gasteiger partial charge >= 0.3 is 6.03 Å². The van der Waals surface area contributed by atoms with Crippen molar-refractivity contribution < 1.29 is 4.79 Å². The standard InChI is InChI=1S/C15H14N4O/c20-15(17-11-12-5-8-16-9-6-12)18-19-10-7-13-3-1-2-4-14(13)19/h1-10H,11H2,(H2,17,18,20). The second kappa shape index (κ2) is 5.44. The van der Waals surface area contributed by atoms with Gasteiger partial charge in [0.15, 0.2) is 0 Å². The quantitative estimate of drug-likeness (QED) is 0.765. The van der Waals surface area contributed by atoms with Crippen LogP contribution in [0.15, 0.2) is 61.1 Å². The highest BCUT2D eigenvalue weighted by Crippen LogP contribution is 2.13. The van der Waals surface area contributed by atoms with E-state index in [0.29, 0.717) is 6.54 Å². The molecule has 0 bridgehead atoms. The van der Waals surface area contributed by atoms with E-state index in [0.717, 1.165) is 16.5 Å². The summed E-state index contributed by atoms with van der Waals surface area (Å²) in [4.78, 5) is 15.8. The van der Waals surface area contributed by atoms with Crippen LogP contribution in [-0.2, 0) is 6.54 Å². The lowest BCUT2D eigenvalue weighted by atomic mass is 10.3. The van der Waals surface area contributed by atoms with Gasteiger partial charge in [0.1, 0.15) is 0 Å². The maximum Gasteiger partial charge on any atom is 0.334 e. The van der Waals surface area contributed by atoms with Gasteiger partial charge in [-0.2, -0.15) is 0 Å². The normalized spacial score (nSPS) is 10.4.